The molecule has 3 N–H and O–H groups in total. The van der Waals surface area contributed by atoms with Crippen molar-refractivity contribution in [3.05, 3.63) is 40.1 Å². The number of hydrogen-bond donors (Lipinski definition) is 3. The Labute approximate surface area is 196 Å². The van der Waals surface area contributed by atoms with E-state index in [1.165, 1.54) is 12.1 Å². The van der Waals surface area contributed by atoms with Crippen LogP contribution in [-0.4, -0.2) is 56.8 Å². The average Bonchev–Trinajstić information content (AvgIpc) is 3.38. The average molecular weight is 507 g/mol. The largest absolute Gasteiger partial charge is 0.391 e. The van der Waals surface area contributed by atoms with Gasteiger partial charge in [-0.15, -0.1) is 5.10 Å². The topological polar surface area (TPSA) is 120 Å². The van der Waals surface area contributed by atoms with E-state index in [1.807, 2.05) is 0 Å². The number of carbonyl (C=O) groups is 3. The molecule has 0 bridgehead atoms. The van der Waals surface area contributed by atoms with Crippen molar-refractivity contribution in [1.82, 2.24) is 25.6 Å². The number of halogens is 5. The molecule has 9 nitrogen and oxygen atoms in total. The number of nitrogens with zero attached hydrogens (tertiary/aromatic N) is 3. The van der Waals surface area contributed by atoms with Crippen molar-refractivity contribution in [3.63, 3.8) is 0 Å². The predicted octanol–water partition coefficient (Wildman–Crippen LogP) is 3.10. The van der Waals surface area contributed by atoms with Crippen LogP contribution < -0.4 is 10.6 Å². The van der Waals surface area contributed by atoms with Gasteiger partial charge in [0.25, 0.3) is 0 Å². The minimum absolute atomic E-state index is 0.0841. The van der Waals surface area contributed by atoms with Gasteiger partial charge in [-0.2, -0.15) is 13.2 Å². The zero-order valence-corrected chi connectivity index (χ0v) is 18.6. The third-order valence-corrected chi connectivity index (χ3v) is 6.01. The molecule has 2 aromatic rings. The van der Waals surface area contributed by atoms with Crippen LogP contribution in [-0.2, 0) is 14.4 Å². The SMILES string of the molecule is C[C@H]1[C@@H](C(=O)Nc2ccc(Cl)c(Cl)c2)CCN1C(=O)C(=O)N[C@@H](CC(F)(F)F)c1c[nH]nn1. The van der Waals surface area contributed by atoms with Crippen molar-refractivity contribution >= 4 is 46.6 Å². The number of amides is 3. The fourth-order valence-corrected chi connectivity index (χ4v) is 3.88. The fourth-order valence-electron chi connectivity index (χ4n) is 3.58. The van der Waals surface area contributed by atoms with Gasteiger partial charge in [0.2, 0.25) is 5.91 Å². The van der Waals surface area contributed by atoms with Gasteiger partial charge < -0.3 is 15.5 Å². The maximum Gasteiger partial charge on any atom is 0.391 e. The van der Waals surface area contributed by atoms with Gasteiger partial charge in [-0.25, -0.2) is 0 Å². The number of rotatable bonds is 5. The van der Waals surface area contributed by atoms with Crippen molar-refractivity contribution < 1.29 is 27.6 Å². The van der Waals surface area contributed by atoms with Crippen LogP contribution in [0.2, 0.25) is 10.0 Å². The summed E-state index contributed by atoms with van der Waals surface area (Å²) in [5.74, 6) is -3.31. The molecule has 2 heterocycles. The molecule has 3 amide bonds. The number of H-pyrrole nitrogens is 1. The second-order valence-corrected chi connectivity index (χ2v) is 8.31. The Morgan fingerprint density at radius 1 is 1.27 bits per heavy atom. The van der Waals surface area contributed by atoms with Crippen molar-refractivity contribution in [3.8, 4) is 0 Å². The van der Waals surface area contributed by atoms with Crippen molar-refractivity contribution in [2.24, 2.45) is 5.92 Å². The Bertz CT molecular complexity index is 1030. The molecular weight excluding hydrogens is 488 g/mol. The molecule has 0 saturated carbocycles. The van der Waals surface area contributed by atoms with E-state index in [4.69, 9.17) is 23.2 Å². The summed E-state index contributed by atoms with van der Waals surface area (Å²) in [6, 6.07) is 2.30. The summed E-state index contributed by atoms with van der Waals surface area (Å²) in [7, 11) is 0. The molecule has 0 radical (unpaired) electrons. The van der Waals surface area contributed by atoms with E-state index in [0.717, 1.165) is 11.1 Å². The van der Waals surface area contributed by atoms with Gasteiger partial charge in [0.1, 0.15) is 5.69 Å². The molecule has 1 aliphatic heterocycles. The van der Waals surface area contributed by atoms with Crippen LogP contribution in [0.15, 0.2) is 24.4 Å². The third kappa shape index (κ3) is 6.14. The van der Waals surface area contributed by atoms with Crippen LogP contribution in [0.3, 0.4) is 0 Å². The summed E-state index contributed by atoms with van der Waals surface area (Å²) in [6.07, 6.45) is -4.68. The molecule has 0 aliphatic carbocycles. The Morgan fingerprint density at radius 3 is 2.61 bits per heavy atom. The minimum atomic E-state index is -4.62. The first-order valence-corrected chi connectivity index (χ1v) is 10.5. The summed E-state index contributed by atoms with van der Waals surface area (Å²) in [6.45, 7) is 1.67. The highest BCUT2D eigenvalue weighted by atomic mass is 35.5. The molecule has 1 saturated heterocycles. The number of carbonyl (C=O) groups excluding carboxylic acids is 3. The lowest BCUT2D eigenvalue weighted by atomic mass is 10.0. The number of anilines is 1. The molecule has 33 heavy (non-hydrogen) atoms. The van der Waals surface area contributed by atoms with E-state index in [2.05, 4.69) is 26.0 Å². The Morgan fingerprint density at radius 2 is 2.00 bits per heavy atom. The van der Waals surface area contributed by atoms with Gasteiger partial charge in [0, 0.05) is 24.5 Å². The van der Waals surface area contributed by atoms with Crippen LogP contribution in [0.5, 0.6) is 0 Å². The van der Waals surface area contributed by atoms with Crippen LogP contribution in [0.1, 0.15) is 31.5 Å². The highest BCUT2D eigenvalue weighted by Gasteiger charge is 2.41. The van der Waals surface area contributed by atoms with Gasteiger partial charge in [0.05, 0.1) is 28.4 Å². The quantitative estimate of drug-likeness (QED) is 0.538. The van der Waals surface area contributed by atoms with E-state index in [0.29, 0.717) is 10.7 Å². The standard InChI is InChI=1S/C19H19Cl2F3N6O3/c1-9-11(16(31)26-10-2-3-12(20)13(21)6-10)4-5-30(9)18(33)17(32)27-14(7-19(22,23)24)15-8-25-29-28-15/h2-3,6,8-9,11,14H,4-5,7H2,1H3,(H,26,31)(H,27,32)(H,25,28,29)/t9-,11-,14-/m0/s1. The van der Waals surface area contributed by atoms with Crippen molar-refractivity contribution in [2.45, 2.75) is 38.0 Å². The van der Waals surface area contributed by atoms with Crippen molar-refractivity contribution in [2.75, 3.05) is 11.9 Å². The highest BCUT2D eigenvalue weighted by Crippen LogP contribution is 2.30. The normalized spacial score (nSPS) is 19.3. The first-order chi connectivity index (χ1) is 15.5. The smallest absolute Gasteiger partial charge is 0.339 e. The van der Waals surface area contributed by atoms with Crippen LogP contribution in [0.4, 0.5) is 18.9 Å². The van der Waals surface area contributed by atoms with Crippen molar-refractivity contribution in [1.29, 1.82) is 0 Å². The van der Waals surface area contributed by atoms with E-state index >= 15 is 0 Å². The maximum absolute atomic E-state index is 12.9. The van der Waals surface area contributed by atoms with Gasteiger partial charge in [-0.3, -0.25) is 19.5 Å². The first kappa shape index (κ1) is 24.8. The molecule has 3 rings (SSSR count). The van der Waals surface area contributed by atoms with Gasteiger partial charge in [-0.05, 0) is 31.5 Å². The van der Waals surface area contributed by atoms with E-state index in [-0.39, 0.29) is 23.7 Å². The summed E-state index contributed by atoms with van der Waals surface area (Å²) < 4.78 is 38.7. The van der Waals surface area contributed by atoms with Gasteiger partial charge >= 0.3 is 18.0 Å². The molecule has 0 unspecified atom stereocenters. The number of nitrogens with one attached hydrogen (secondary N) is 3. The van der Waals surface area contributed by atoms with Gasteiger partial charge in [-0.1, -0.05) is 28.4 Å². The summed E-state index contributed by atoms with van der Waals surface area (Å²) in [5, 5.41) is 14.4. The molecule has 1 fully saturated rings. The minimum Gasteiger partial charge on any atom is -0.339 e. The molecule has 0 spiro atoms. The number of benzene rings is 1. The molecule has 1 aromatic carbocycles. The lowest BCUT2D eigenvalue weighted by molar-refractivity contribution is -0.151. The van der Waals surface area contributed by atoms with E-state index in [1.54, 1.807) is 13.0 Å². The molecule has 1 aliphatic rings. The summed E-state index contributed by atoms with van der Waals surface area (Å²) >= 11 is 11.8. The number of alkyl halides is 3. The number of likely N-dealkylation sites (tertiary alicyclic amines) is 1. The maximum atomic E-state index is 12.9. The molecule has 14 heteroatoms. The molecule has 1 aromatic heterocycles. The third-order valence-electron chi connectivity index (χ3n) is 5.27. The monoisotopic (exact) mass is 506 g/mol. The van der Waals surface area contributed by atoms with Crippen LogP contribution in [0, 0.1) is 5.92 Å². The summed E-state index contributed by atoms with van der Waals surface area (Å²) in [5.41, 5.74) is 0.244. The molecular formula is C19H19Cl2F3N6O3. The number of aromatic amines is 1. The van der Waals surface area contributed by atoms with Gasteiger partial charge in [0.15, 0.2) is 0 Å². The Hall–Kier alpha value is -2.86. The predicted molar refractivity (Wildman–Crippen MR) is 112 cm³/mol. The summed E-state index contributed by atoms with van der Waals surface area (Å²) in [4.78, 5) is 38.9. The molecule has 3 atom stereocenters. The second kappa shape index (κ2) is 9.96. The number of hydrogen-bond acceptors (Lipinski definition) is 5. The Kier molecular flexibility index (Phi) is 7.48. The zero-order valence-electron chi connectivity index (χ0n) is 17.1. The van der Waals surface area contributed by atoms with Crippen LogP contribution >= 0.6 is 23.2 Å². The number of aromatic nitrogens is 3. The zero-order chi connectivity index (χ0) is 24.3. The highest BCUT2D eigenvalue weighted by molar-refractivity contribution is 6.42. The van der Waals surface area contributed by atoms with E-state index < -0.39 is 48.3 Å². The fraction of sp³-hybridized carbons (Fsp3) is 0.421. The lowest BCUT2D eigenvalue weighted by Crippen LogP contribution is -2.47. The second-order valence-electron chi connectivity index (χ2n) is 7.50. The lowest BCUT2D eigenvalue weighted by Gasteiger charge is -2.25. The van der Waals surface area contributed by atoms with E-state index in [9.17, 15) is 27.6 Å². The molecule has 178 valence electrons. The Balaban J connectivity index is 1.64. The van der Waals surface area contributed by atoms with Crippen LogP contribution in [0.25, 0.3) is 0 Å². The first-order valence-electron chi connectivity index (χ1n) is 9.76.